The molecule has 0 aromatic heterocycles. The van der Waals surface area contributed by atoms with Gasteiger partial charge in [0.2, 0.25) is 5.91 Å². The molecule has 68 valence electrons. The molecular formula is C7H11NO4. The van der Waals surface area contributed by atoms with E-state index in [4.69, 9.17) is 5.11 Å². The van der Waals surface area contributed by atoms with Gasteiger partial charge in [0.1, 0.15) is 12.8 Å². The lowest BCUT2D eigenvalue weighted by Crippen LogP contribution is -2.39. The highest BCUT2D eigenvalue weighted by molar-refractivity contribution is 5.88. The Balaban J connectivity index is 2.66. The zero-order chi connectivity index (χ0) is 9.14. The van der Waals surface area contributed by atoms with E-state index < -0.39 is 18.7 Å². The third-order valence-corrected chi connectivity index (χ3v) is 1.95. The van der Waals surface area contributed by atoms with E-state index >= 15 is 0 Å². The van der Waals surface area contributed by atoms with Crippen LogP contribution in [0.5, 0.6) is 0 Å². The van der Waals surface area contributed by atoms with Gasteiger partial charge in [-0.15, -0.1) is 0 Å². The molecule has 1 rings (SSSR count). The highest BCUT2D eigenvalue weighted by Crippen LogP contribution is 2.18. The quantitative estimate of drug-likeness (QED) is 0.549. The van der Waals surface area contributed by atoms with Crippen LogP contribution in [0.2, 0.25) is 0 Å². The van der Waals surface area contributed by atoms with E-state index in [9.17, 15) is 9.59 Å². The van der Waals surface area contributed by atoms with Crippen LogP contribution in [-0.2, 0) is 14.3 Å². The number of hydrogen-bond acceptors (Lipinski definition) is 4. The number of likely N-dealkylation sites (tertiary alicyclic amines) is 1. The molecule has 0 radical (unpaired) electrons. The number of methoxy groups -OCH3 is 1. The van der Waals surface area contributed by atoms with E-state index in [1.54, 1.807) is 0 Å². The Bertz CT molecular complexity index is 204. The monoisotopic (exact) mass is 173 g/mol. The number of nitrogens with zero attached hydrogens (tertiary/aromatic N) is 1. The predicted octanol–water partition coefficient (Wildman–Crippen LogP) is -0.900. The fourth-order valence-electron chi connectivity index (χ4n) is 1.29. The highest BCUT2D eigenvalue weighted by Gasteiger charge is 2.36. The number of hydrogen-bond donors (Lipinski definition) is 1. The van der Waals surface area contributed by atoms with Gasteiger partial charge in [0, 0.05) is 6.42 Å². The maximum absolute atomic E-state index is 11.0. The van der Waals surface area contributed by atoms with E-state index in [0.29, 0.717) is 12.8 Å². The van der Waals surface area contributed by atoms with Crippen molar-refractivity contribution in [3.63, 3.8) is 0 Å². The number of aliphatic hydroxyl groups excluding tert-OH is 1. The molecular weight excluding hydrogens is 162 g/mol. The summed E-state index contributed by atoms with van der Waals surface area (Å²) in [5.41, 5.74) is 0. The maximum Gasteiger partial charge on any atom is 0.328 e. The second-order valence-corrected chi connectivity index (χ2v) is 2.58. The van der Waals surface area contributed by atoms with Crippen molar-refractivity contribution in [2.45, 2.75) is 18.9 Å². The molecule has 0 aromatic rings. The van der Waals surface area contributed by atoms with Gasteiger partial charge in [-0.3, -0.25) is 4.79 Å². The lowest BCUT2D eigenvalue weighted by molar-refractivity contribution is -0.151. The minimum Gasteiger partial charge on any atom is -0.467 e. The summed E-state index contributed by atoms with van der Waals surface area (Å²) in [6, 6.07) is -0.590. The van der Waals surface area contributed by atoms with Crippen LogP contribution in [0.4, 0.5) is 0 Å². The summed E-state index contributed by atoms with van der Waals surface area (Å²) in [6.45, 7) is -0.418. The summed E-state index contributed by atoms with van der Waals surface area (Å²) < 4.78 is 4.47. The van der Waals surface area contributed by atoms with Crippen LogP contribution >= 0.6 is 0 Å². The Morgan fingerprint density at radius 3 is 3.00 bits per heavy atom. The molecule has 1 unspecified atom stereocenters. The summed E-state index contributed by atoms with van der Waals surface area (Å²) in [4.78, 5) is 23.1. The Kier molecular flexibility index (Phi) is 2.65. The van der Waals surface area contributed by atoms with Gasteiger partial charge in [0.05, 0.1) is 7.11 Å². The molecule has 0 aromatic carbocycles. The summed E-state index contributed by atoms with van der Waals surface area (Å²) in [6.07, 6.45) is 0.742. The van der Waals surface area contributed by atoms with Gasteiger partial charge in [0.15, 0.2) is 0 Å². The Morgan fingerprint density at radius 1 is 1.83 bits per heavy atom. The van der Waals surface area contributed by atoms with E-state index in [-0.39, 0.29) is 5.91 Å². The molecule has 1 atom stereocenters. The SMILES string of the molecule is COC(=O)C1CCC(=O)N1CO. The summed E-state index contributed by atoms with van der Waals surface area (Å²) in [5, 5.41) is 8.75. The Hall–Kier alpha value is -1.10. The molecule has 5 heteroatoms. The Morgan fingerprint density at radius 2 is 2.50 bits per heavy atom. The lowest BCUT2D eigenvalue weighted by atomic mass is 10.2. The lowest BCUT2D eigenvalue weighted by Gasteiger charge is -2.19. The molecule has 12 heavy (non-hydrogen) atoms. The molecule has 1 aliphatic heterocycles. The standard InChI is InChI=1S/C7H11NO4/c1-12-7(11)5-2-3-6(10)8(5)4-9/h5,9H,2-4H2,1H3. The predicted molar refractivity (Wildman–Crippen MR) is 39.0 cm³/mol. The van der Waals surface area contributed by atoms with Crippen molar-refractivity contribution in [3.8, 4) is 0 Å². The molecule has 1 heterocycles. The van der Waals surface area contributed by atoms with Gasteiger partial charge in [-0.2, -0.15) is 0 Å². The number of carbonyl (C=O) groups excluding carboxylic acids is 2. The minimum atomic E-state index is -0.590. The zero-order valence-corrected chi connectivity index (χ0v) is 6.82. The molecule has 1 N–H and O–H groups in total. The van der Waals surface area contributed by atoms with E-state index in [2.05, 4.69) is 4.74 Å². The average Bonchev–Trinajstić information content (AvgIpc) is 2.45. The van der Waals surface area contributed by atoms with Crippen LogP contribution in [-0.4, -0.2) is 41.8 Å². The van der Waals surface area contributed by atoms with Crippen molar-refractivity contribution in [2.24, 2.45) is 0 Å². The van der Waals surface area contributed by atoms with Crippen LogP contribution in [0.1, 0.15) is 12.8 Å². The third-order valence-electron chi connectivity index (χ3n) is 1.95. The smallest absolute Gasteiger partial charge is 0.328 e. The Labute approximate surface area is 69.9 Å². The van der Waals surface area contributed by atoms with E-state index in [1.165, 1.54) is 7.11 Å². The first-order chi connectivity index (χ1) is 5.70. The van der Waals surface area contributed by atoms with E-state index in [1.807, 2.05) is 0 Å². The van der Waals surface area contributed by atoms with Gasteiger partial charge >= 0.3 is 5.97 Å². The van der Waals surface area contributed by atoms with Crippen LogP contribution in [0.25, 0.3) is 0 Å². The molecule has 1 aliphatic rings. The van der Waals surface area contributed by atoms with Gasteiger partial charge in [-0.25, -0.2) is 4.79 Å². The number of ether oxygens (including phenoxy) is 1. The summed E-state index contributed by atoms with van der Waals surface area (Å²) in [5.74, 6) is -0.664. The number of aliphatic hydroxyl groups is 1. The van der Waals surface area contributed by atoms with Crippen molar-refractivity contribution in [1.29, 1.82) is 0 Å². The molecule has 1 saturated heterocycles. The average molecular weight is 173 g/mol. The van der Waals surface area contributed by atoms with Crippen LogP contribution in [0, 0.1) is 0 Å². The number of rotatable bonds is 2. The second-order valence-electron chi connectivity index (χ2n) is 2.58. The molecule has 0 saturated carbocycles. The molecule has 1 fully saturated rings. The van der Waals surface area contributed by atoms with Crippen molar-refractivity contribution in [3.05, 3.63) is 0 Å². The second kappa shape index (κ2) is 3.53. The van der Waals surface area contributed by atoms with Crippen molar-refractivity contribution in [2.75, 3.05) is 13.8 Å². The van der Waals surface area contributed by atoms with Crippen molar-refractivity contribution < 1.29 is 19.4 Å². The van der Waals surface area contributed by atoms with Crippen LogP contribution in [0.15, 0.2) is 0 Å². The largest absolute Gasteiger partial charge is 0.467 e. The van der Waals surface area contributed by atoms with Crippen molar-refractivity contribution >= 4 is 11.9 Å². The molecule has 0 spiro atoms. The normalized spacial score (nSPS) is 23.0. The van der Waals surface area contributed by atoms with Gasteiger partial charge in [0.25, 0.3) is 0 Å². The van der Waals surface area contributed by atoms with Crippen LogP contribution in [0.3, 0.4) is 0 Å². The molecule has 0 bridgehead atoms. The van der Waals surface area contributed by atoms with E-state index in [0.717, 1.165) is 4.90 Å². The molecule has 5 nitrogen and oxygen atoms in total. The van der Waals surface area contributed by atoms with Gasteiger partial charge in [-0.1, -0.05) is 0 Å². The first kappa shape index (κ1) is 8.99. The number of esters is 1. The fraction of sp³-hybridized carbons (Fsp3) is 0.714. The minimum absolute atomic E-state index is 0.201. The maximum atomic E-state index is 11.0. The topological polar surface area (TPSA) is 66.8 Å². The first-order valence-electron chi connectivity index (χ1n) is 3.69. The zero-order valence-electron chi connectivity index (χ0n) is 6.82. The molecule has 1 amide bonds. The fourth-order valence-corrected chi connectivity index (χ4v) is 1.29. The summed E-state index contributed by atoms with van der Waals surface area (Å²) >= 11 is 0. The number of carbonyl (C=O) groups is 2. The molecule has 0 aliphatic carbocycles. The van der Waals surface area contributed by atoms with Crippen LogP contribution < -0.4 is 0 Å². The highest BCUT2D eigenvalue weighted by atomic mass is 16.5. The van der Waals surface area contributed by atoms with Gasteiger partial charge < -0.3 is 14.7 Å². The first-order valence-corrected chi connectivity index (χ1v) is 3.69. The third kappa shape index (κ3) is 1.40. The van der Waals surface area contributed by atoms with Gasteiger partial charge in [-0.05, 0) is 6.42 Å². The van der Waals surface area contributed by atoms with Crippen molar-refractivity contribution in [1.82, 2.24) is 4.90 Å². The number of amides is 1. The summed E-state index contributed by atoms with van der Waals surface area (Å²) in [7, 11) is 1.26.